The van der Waals surface area contributed by atoms with Crippen LogP contribution in [0.5, 0.6) is 0 Å². The normalized spacial score (nSPS) is 10.6. The van der Waals surface area contributed by atoms with Crippen LogP contribution in [0.3, 0.4) is 0 Å². The second-order valence-corrected chi connectivity index (χ2v) is 6.37. The minimum atomic E-state index is -0.606. The van der Waals surface area contributed by atoms with Crippen molar-refractivity contribution in [2.45, 2.75) is 13.8 Å². The van der Waals surface area contributed by atoms with Gasteiger partial charge in [-0.15, -0.1) is 0 Å². The van der Waals surface area contributed by atoms with Gasteiger partial charge < -0.3 is 4.90 Å². The second-order valence-electron chi connectivity index (χ2n) is 5.96. The lowest BCUT2D eigenvalue weighted by molar-refractivity contribution is -0.384. The molecule has 0 radical (unpaired) electrons. The van der Waals surface area contributed by atoms with Crippen LogP contribution in [0.4, 0.5) is 11.4 Å². The minimum absolute atomic E-state index is 0.0101. The zero-order valence-electron chi connectivity index (χ0n) is 16.0. The van der Waals surface area contributed by atoms with Crippen molar-refractivity contribution >= 4 is 40.9 Å². The number of nitrogens with zero attached hydrogens (tertiary/aromatic N) is 2. The highest BCUT2D eigenvalue weighted by Crippen LogP contribution is 2.25. The fourth-order valence-corrected chi connectivity index (χ4v) is 2.78. The predicted octanol–water partition coefficient (Wildman–Crippen LogP) is 3.57. The maximum absolute atomic E-state index is 12.1. The van der Waals surface area contributed by atoms with Crippen LogP contribution in [-0.4, -0.2) is 29.8 Å². The summed E-state index contributed by atoms with van der Waals surface area (Å²) >= 11 is 5.75. The molecule has 0 fully saturated rings. The molecule has 0 atom stereocenters. The predicted molar refractivity (Wildman–Crippen MR) is 113 cm³/mol. The summed E-state index contributed by atoms with van der Waals surface area (Å²) in [5.41, 5.74) is 6.16. The van der Waals surface area contributed by atoms with Gasteiger partial charge in [-0.05, 0) is 55.8 Å². The molecule has 0 aliphatic rings. The number of carbonyl (C=O) groups excluding carboxylic acids is 2. The number of nitro benzene ring substituents is 1. The van der Waals surface area contributed by atoms with Crippen molar-refractivity contribution in [1.82, 2.24) is 10.9 Å². The van der Waals surface area contributed by atoms with Gasteiger partial charge in [0.05, 0.1) is 4.92 Å². The summed E-state index contributed by atoms with van der Waals surface area (Å²) < 4.78 is 0. The van der Waals surface area contributed by atoms with E-state index in [0.717, 1.165) is 24.9 Å². The van der Waals surface area contributed by atoms with Crippen molar-refractivity contribution in [1.29, 1.82) is 0 Å². The van der Waals surface area contributed by atoms with E-state index in [1.54, 1.807) is 12.1 Å². The topological polar surface area (TPSA) is 105 Å². The maximum Gasteiger partial charge on any atom is 0.288 e. The molecule has 2 rings (SSSR count). The van der Waals surface area contributed by atoms with E-state index in [0.29, 0.717) is 11.1 Å². The lowest BCUT2D eigenvalue weighted by atomic mass is 10.2. The number of nitrogens with one attached hydrogen (secondary N) is 2. The van der Waals surface area contributed by atoms with Gasteiger partial charge in [-0.3, -0.25) is 30.6 Å². The number of carbonyl (C=O) groups is 2. The Hall–Kier alpha value is -3.39. The second kappa shape index (κ2) is 10.2. The average molecular weight is 417 g/mol. The Labute approximate surface area is 173 Å². The molecule has 0 spiro atoms. The van der Waals surface area contributed by atoms with Crippen molar-refractivity contribution in [2.75, 3.05) is 18.0 Å². The monoisotopic (exact) mass is 416 g/mol. The first kappa shape index (κ1) is 21.9. The quantitative estimate of drug-likeness (QED) is 0.408. The maximum atomic E-state index is 12.1. The Morgan fingerprint density at radius 2 is 1.76 bits per heavy atom. The van der Waals surface area contributed by atoms with E-state index in [1.807, 2.05) is 12.1 Å². The van der Waals surface area contributed by atoms with E-state index in [4.69, 9.17) is 11.6 Å². The fourth-order valence-electron chi connectivity index (χ4n) is 2.59. The number of hydrazine groups is 1. The zero-order chi connectivity index (χ0) is 21.4. The molecule has 0 unspecified atom stereocenters. The summed E-state index contributed by atoms with van der Waals surface area (Å²) in [6, 6.07) is 11.2. The number of rotatable bonds is 7. The molecule has 0 saturated carbocycles. The number of nitro groups is 1. The summed E-state index contributed by atoms with van der Waals surface area (Å²) in [5.74, 6) is -1.05. The molecule has 2 aromatic rings. The Morgan fingerprint density at radius 1 is 1.10 bits per heavy atom. The average Bonchev–Trinajstić information content (AvgIpc) is 2.72. The van der Waals surface area contributed by atoms with Gasteiger partial charge in [0.1, 0.15) is 5.02 Å². The third-order valence-electron chi connectivity index (χ3n) is 4.15. The summed E-state index contributed by atoms with van der Waals surface area (Å²) in [6.45, 7) is 5.83. The highest BCUT2D eigenvalue weighted by atomic mass is 35.5. The molecule has 8 nitrogen and oxygen atoms in total. The first-order valence-corrected chi connectivity index (χ1v) is 9.30. The van der Waals surface area contributed by atoms with E-state index >= 15 is 0 Å². The molecule has 9 heteroatoms. The molecule has 152 valence electrons. The van der Waals surface area contributed by atoms with Crippen LogP contribution < -0.4 is 15.8 Å². The van der Waals surface area contributed by atoms with Gasteiger partial charge in [0, 0.05) is 36.5 Å². The number of halogens is 1. The molecule has 0 aliphatic carbocycles. The number of benzene rings is 2. The van der Waals surface area contributed by atoms with Crippen molar-refractivity contribution < 1.29 is 14.5 Å². The van der Waals surface area contributed by atoms with Crippen LogP contribution in [0.25, 0.3) is 6.08 Å². The molecule has 2 aromatic carbocycles. The Kier molecular flexibility index (Phi) is 7.73. The third kappa shape index (κ3) is 6.05. The molecule has 0 heterocycles. The SMILES string of the molecule is CCN(CC)c1ccc(C(=O)NNC(=O)/C=C/c2ccc(Cl)c([N+](=O)[O-])c2)cc1. The molecular weight excluding hydrogens is 396 g/mol. The molecule has 0 saturated heterocycles. The Balaban J connectivity index is 1.93. The van der Waals surface area contributed by atoms with Gasteiger partial charge in [0.15, 0.2) is 0 Å². The number of anilines is 1. The molecule has 29 heavy (non-hydrogen) atoms. The largest absolute Gasteiger partial charge is 0.372 e. The van der Waals surface area contributed by atoms with Crippen molar-refractivity contribution in [2.24, 2.45) is 0 Å². The zero-order valence-corrected chi connectivity index (χ0v) is 16.8. The van der Waals surface area contributed by atoms with Crippen LogP contribution in [0.15, 0.2) is 48.5 Å². The molecule has 2 amide bonds. The Morgan fingerprint density at radius 3 is 2.34 bits per heavy atom. The van der Waals surface area contributed by atoms with Gasteiger partial charge in [-0.1, -0.05) is 17.7 Å². The van der Waals surface area contributed by atoms with Gasteiger partial charge in [-0.25, -0.2) is 0 Å². The minimum Gasteiger partial charge on any atom is -0.372 e. The van der Waals surface area contributed by atoms with Gasteiger partial charge in [0.2, 0.25) is 0 Å². The Bertz CT molecular complexity index is 925. The highest BCUT2D eigenvalue weighted by molar-refractivity contribution is 6.32. The molecule has 0 aliphatic heterocycles. The van der Waals surface area contributed by atoms with Crippen LogP contribution >= 0.6 is 11.6 Å². The van der Waals surface area contributed by atoms with Crippen LogP contribution in [0, 0.1) is 10.1 Å². The summed E-state index contributed by atoms with van der Waals surface area (Å²) in [5, 5.41) is 10.9. The van der Waals surface area contributed by atoms with E-state index in [1.165, 1.54) is 24.3 Å². The smallest absolute Gasteiger partial charge is 0.288 e. The van der Waals surface area contributed by atoms with E-state index in [-0.39, 0.29) is 10.7 Å². The summed E-state index contributed by atoms with van der Waals surface area (Å²) in [7, 11) is 0. The molecule has 2 N–H and O–H groups in total. The lowest BCUT2D eigenvalue weighted by Gasteiger charge is -2.21. The van der Waals surface area contributed by atoms with Gasteiger partial charge in [-0.2, -0.15) is 0 Å². The molecular formula is C20H21ClN4O4. The van der Waals surface area contributed by atoms with Crippen LogP contribution in [0.1, 0.15) is 29.8 Å². The highest BCUT2D eigenvalue weighted by Gasteiger charge is 2.12. The van der Waals surface area contributed by atoms with Crippen LogP contribution in [-0.2, 0) is 4.79 Å². The van der Waals surface area contributed by atoms with E-state index in [9.17, 15) is 19.7 Å². The number of amides is 2. The standard InChI is InChI=1S/C20H21ClN4O4/c1-3-24(4-2)16-9-7-15(8-10-16)20(27)23-22-19(26)12-6-14-5-11-17(21)18(13-14)25(28)29/h5-13H,3-4H2,1-2H3,(H,22,26)(H,23,27)/b12-6+. The van der Waals surface area contributed by atoms with Crippen molar-refractivity contribution in [3.8, 4) is 0 Å². The van der Waals surface area contributed by atoms with E-state index in [2.05, 4.69) is 29.6 Å². The van der Waals surface area contributed by atoms with Crippen molar-refractivity contribution in [3.63, 3.8) is 0 Å². The third-order valence-corrected chi connectivity index (χ3v) is 4.47. The van der Waals surface area contributed by atoms with Crippen LogP contribution in [0.2, 0.25) is 5.02 Å². The lowest BCUT2D eigenvalue weighted by Crippen LogP contribution is -2.40. The summed E-state index contributed by atoms with van der Waals surface area (Å²) in [6.07, 6.45) is 2.53. The number of hydrogen-bond donors (Lipinski definition) is 2. The fraction of sp³-hybridized carbons (Fsp3) is 0.200. The van der Waals surface area contributed by atoms with Crippen molar-refractivity contribution in [3.05, 3.63) is 74.8 Å². The number of hydrogen-bond acceptors (Lipinski definition) is 5. The first-order chi connectivity index (χ1) is 13.8. The van der Waals surface area contributed by atoms with Gasteiger partial charge >= 0.3 is 0 Å². The molecule has 0 aromatic heterocycles. The first-order valence-electron chi connectivity index (χ1n) is 8.93. The van der Waals surface area contributed by atoms with E-state index < -0.39 is 16.7 Å². The van der Waals surface area contributed by atoms with Gasteiger partial charge in [0.25, 0.3) is 17.5 Å². The summed E-state index contributed by atoms with van der Waals surface area (Å²) in [4.78, 5) is 36.5. The molecule has 0 bridgehead atoms.